The van der Waals surface area contributed by atoms with Crippen LogP contribution in [0.25, 0.3) is 11.4 Å². The smallest absolute Gasteiger partial charge is 0.312 e. The van der Waals surface area contributed by atoms with Crippen molar-refractivity contribution in [3.8, 4) is 11.4 Å². The van der Waals surface area contributed by atoms with Gasteiger partial charge in [-0.25, -0.2) is 14.8 Å². The van der Waals surface area contributed by atoms with Crippen molar-refractivity contribution in [1.29, 1.82) is 0 Å². The molecule has 0 radical (unpaired) electrons. The molecule has 8 N–H and O–H groups in total. The molecule has 2 amide bonds. The fourth-order valence-electron chi connectivity index (χ4n) is 1.22. The second kappa shape index (κ2) is 8.53. The summed E-state index contributed by atoms with van der Waals surface area (Å²) >= 11 is 2.72. The quantitative estimate of drug-likeness (QED) is 0.268. The van der Waals surface area contributed by atoms with E-state index in [1.165, 1.54) is 22.7 Å². The standard InChI is InChI=1S/C9H11N7OS2.CH4O3S/c10-7(11)16-9-15-5(3-19-9)4-2-18-6(14-4)1-13-8(12)17;1-5(2,3)4/h2-3H,1H2,(H3,12,13,17)(H4,10,11,15,16);1H3,(H,2,3,4). The van der Waals surface area contributed by atoms with E-state index in [1.807, 2.05) is 10.8 Å². The van der Waals surface area contributed by atoms with E-state index in [0.29, 0.717) is 29.3 Å². The number of nitrogens with one attached hydrogen (secondary N) is 1. The third-order valence-corrected chi connectivity index (χ3v) is 3.53. The van der Waals surface area contributed by atoms with Crippen LogP contribution in [0.2, 0.25) is 0 Å². The molecule has 2 rings (SSSR count). The highest BCUT2D eigenvalue weighted by Crippen LogP contribution is 2.27. The molecule has 0 aromatic carbocycles. The van der Waals surface area contributed by atoms with Crippen molar-refractivity contribution in [3.63, 3.8) is 0 Å². The highest BCUT2D eigenvalue weighted by Gasteiger charge is 2.09. The van der Waals surface area contributed by atoms with Gasteiger partial charge in [0.1, 0.15) is 16.4 Å². The van der Waals surface area contributed by atoms with Crippen LogP contribution in [0.5, 0.6) is 0 Å². The Kier molecular flexibility index (Phi) is 7.02. The number of nitrogens with zero attached hydrogens (tertiary/aromatic N) is 3. The third-order valence-electron chi connectivity index (χ3n) is 1.94. The Morgan fingerprint density at radius 3 is 2.33 bits per heavy atom. The summed E-state index contributed by atoms with van der Waals surface area (Å²) in [5.74, 6) is -0.0366. The molecule has 0 saturated heterocycles. The molecule has 0 atom stereocenters. The zero-order chi connectivity index (χ0) is 18.3. The average Bonchev–Trinajstić information content (AvgIpc) is 3.02. The summed E-state index contributed by atoms with van der Waals surface area (Å²) in [6.07, 6.45) is 0.715. The minimum Gasteiger partial charge on any atom is -0.370 e. The number of guanidine groups is 1. The van der Waals surface area contributed by atoms with E-state index in [4.69, 9.17) is 21.8 Å². The number of thiazole rings is 2. The molecule has 0 unspecified atom stereocenters. The van der Waals surface area contributed by atoms with Crippen LogP contribution in [0, 0.1) is 0 Å². The molecular formula is C10H15N7O4S3. The second-order valence-corrected chi connectivity index (χ2v) is 7.37. The predicted molar refractivity (Wildman–Crippen MR) is 92.6 cm³/mol. The van der Waals surface area contributed by atoms with Crippen molar-refractivity contribution in [2.75, 3.05) is 6.26 Å². The van der Waals surface area contributed by atoms with E-state index in [-0.39, 0.29) is 5.96 Å². The molecule has 0 bridgehead atoms. The number of carbonyl (C=O) groups excluding carboxylic acids is 1. The number of rotatable bonds is 4. The Hall–Kier alpha value is -2.29. The van der Waals surface area contributed by atoms with Gasteiger partial charge in [-0.1, -0.05) is 0 Å². The van der Waals surface area contributed by atoms with E-state index in [0.717, 1.165) is 5.01 Å². The summed E-state index contributed by atoms with van der Waals surface area (Å²) in [5, 5.41) is 7.33. The molecule has 14 heteroatoms. The topological polar surface area (TPSA) is 200 Å². The van der Waals surface area contributed by atoms with Crippen LogP contribution >= 0.6 is 22.7 Å². The van der Waals surface area contributed by atoms with Crippen LogP contribution in [0.1, 0.15) is 5.01 Å². The number of carbonyl (C=O) groups is 1. The molecule has 0 fully saturated rings. The van der Waals surface area contributed by atoms with Crippen molar-refractivity contribution >= 4 is 49.9 Å². The van der Waals surface area contributed by atoms with E-state index in [1.54, 1.807) is 0 Å². The van der Waals surface area contributed by atoms with Gasteiger partial charge in [-0.15, -0.1) is 22.7 Å². The number of amides is 2. The summed E-state index contributed by atoms with van der Waals surface area (Å²) in [7, 11) is -3.67. The summed E-state index contributed by atoms with van der Waals surface area (Å²) in [6, 6.07) is -0.583. The number of hydrogen-bond donors (Lipinski definition) is 5. The van der Waals surface area contributed by atoms with E-state index in [9.17, 15) is 13.2 Å². The van der Waals surface area contributed by atoms with Gasteiger partial charge in [-0.2, -0.15) is 13.4 Å². The van der Waals surface area contributed by atoms with Gasteiger partial charge >= 0.3 is 6.03 Å². The maximum atomic E-state index is 10.6. The van der Waals surface area contributed by atoms with Crippen molar-refractivity contribution in [2.24, 2.45) is 22.2 Å². The number of aromatic nitrogens is 2. The molecule has 2 heterocycles. The normalized spacial score (nSPS) is 10.4. The molecular weight excluding hydrogens is 378 g/mol. The number of hydrogen-bond acceptors (Lipinski definition) is 8. The van der Waals surface area contributed by atoms with E-state index in [2.05, 4.69) is 20.3 Å². The first-order valence-electron chi connectivity index (χ1n) is 6.00. The van der Waals surface area contributed by atoms with Crippen LogP contribution in [-0.2, 0) is 16.7 Å². The van der Waals surface area contributed by atoms with E-state index < -0.39 is 16.1 Å². The Morgan fingerprint density at radius 2 is 1.79 bits per heavy atom. The third kappa shape index (κ3) is 8.37. The fourth-order valence-corrected chi connectivity index (χ4v) is 2.64. The van der Waals surface area contributed by atoms with Crippen LogP contribution in [0.3, 0.4) is 0 Å². The van der Waals surface area contributed by atoms with Crippen LogP contribution in [-0.4, -0.2) is 41.2 Å². The summed E-state index contributed by atoms with van der Waals surface area (Å²) in [6.45, 7) is 0.297. The lowest BCUT2D eigenvalue weighted by molar-refractivity contribution is 0.248. The van der Waals surface area contributed by atoms with Gasteiger partial charge in [-0.05, 0) is 0 Å². The molecule has 11 nitrogen and oxygen atoms in total. The maximum absolute atomic E-state index is 10.6. The van der Waals surface area contributed by atoms with Crippen LogP contribution in [0.4, 0.5) is 9.93 Å². The number of urea groups is 1. The first-order chi connectivity index (χ1) is 11.0. The fraction of sp³-hybridized carbons (Fsp3) is 0.200. The lowest BCUT2D eigenvalue weighted by Gasteiger charge is -1.95. The van der Waals surface area contributed by atoms with Gasteiger partial charge in [0.25, 0.3) is 10.1 Å². The minimum absolute atomic E-state index is 0.0366. The van der Waals surface area contributed by atoms with Crippen molar-refractivity contribution in [2.45, 2.75) is 6.54 Å². The molecule has 0 aliphatic rings. The molecule has 0 aliphatic carbocycles. The van der Waals surface area contributed by atoms with Crippen LogP contribution < -0.4 is 22.5 Å². The first-order valence-corrected chi connectivity index (χ1v) is 9.61. The second-order valence-electron chi connectivity index (χ2n) is 4.13. The summed E-state index contributed by atoms with van der Waals surface area (Å²) < 4.78 is 25.9. The number of aliphatic imine (C=N–C) groups is 1. The zero-order valence-corrected chi connectivity index (χ0v) is 14.8. The highest BCUT2D eigenvalue weighted by atomic mass is 32.2. The molecule has 2 aromatic heterocycles. The summed E-state index contributed by atoms with van der Waals surface area (Å²) in [5.41, 5.74) is 16.9. The lowest BCUT2D eigenvalue weighted by Crippen LogP contribution is -2.28. The first kappa shape index (κ1) is 19.8. The Bertz CT molecular complexity index is 815. The summed E-state index contributed by atoms with van der Waals surface area (Å²) in [4.78, 5) is 23.0. The van der Waals surface area contributed by atoms with Crippen molar-refractivity contribution in [1.82, 2.24) is 15.3 Å². The number of primary amides is 1. The molecule has 24 heavy (non-hydrogen) atoms. The van der Waals surface area contributed by atoms with Gasteiger partial charge in [0, 0.05) is 10.8 Å². The maximum Gasteiger partial charge on any atom is 0.312 e. The SMILES string of the molecule is CS(=O)(=O)O.NC(=O)NCc1nc(-c2csc(N=C(N)N)n2)cs1. The number of nitrogens with two attached hydrogens (primary N) is 3. The van der Waals surface area contributed by atoms with Crippen molar-refractivity contribution < 1.29 is 17.8 Å². The molecule has 0 spiro atoms. The molecule has 2 aromatic rings. The van der Waals surface area contributed by atoms with Gasteiger partial charge in [0.05, 0.1) is 12.8 Å². The lowest BCUT2D eigenvalue weighted by atomic mass is 10.4. The Balaban J connectivity index is 0.000000505. The van der Waals surface area contributed by atoms with Gasteiger partial charge in [0.2, 0.25) is 5.13 Å². The largest absolute Gasteiger partial charge is 0.370 e. The van der Waals surface area contributed by atoms with Gasteiger partial charge < -0.3 is 22.5 Å². The monoisotopic (exact) mass is 393 g/mol. The Labute approximate surface area is 145 Å². The Morgan fingerprint density at radius 1 is 1.25 bits per heavy atom. The van der Waals surface area contributed by atoms with Crippen LogP contribution in [0.15, 0.2) is 15.8 Å². The minimum atomic E-state index is -3.67. The molecule has 0 aliphatic heterocycles. The van der Waals surface area contributed by atoms with E-state index >= 15 is 0 Å². The average molecular weight is 393 g/mol. The highest BCUT2D eigenvalue weighted by molar-refractivity contribution is 7.85. The predicted octanol–water partition coefficient (Wildman–Crippen LogP) is -0.156. The zero-order valence-electron chi connectivity index (χ0n) is 12.3. The van der Waals surface area contributed by atoms with Gasteiger partial charge in [0.15, 0.2) is 5.96 Å². The van der Waals surface area contributed by atoms with Gasteiger partial charge in [-0.3, -0.25) is 4.55 Å². The van der Waals surface area contributed by atoms with Crippen molar-refractivity contribution in [3.05, 3.63) is 15.8 Å². The molecule has 0 saturated carbocycles. The molecule has 132 valence electrons.